The van der Waals surface area contributed by atoms with E-state index in [2.05, 4.69) is 0 Å². The van der Waals surface area contributed by atoms with E-state index in [9.17, 15) is 4.79 Å². The Labute approximate surface area is 109 Å². The highest BCUT2D eigenvalue weighted by atomic mass is 35.5. The molecule has 0 aromatic rings. The Balaban J connectivity index is 0.00000256. The first kappa shape index (κ1) is 16.6. The van der Waals surface area contributed by atoms with Crippen LogP contribution in [0, 0.1) is 5.41 Å². The van der Waals surface area contributed by atoms with Crippen LogP contribution in [-0.4, -0.2) is 57.9 Å². The fourth-order valence-electron chi connectivity index (χ4n) is 2.00. The van der Waals surface area contributed by atoms with Crippen molar-refractivity contribution < 1.29 is 14.3 Å². The molecule has 5 nitrogen and oxygen atoms in total. The summed E-state index contributed by atoms with van der Waals surface area (Å²) in [6.07, 6.45) is 1.44. The molecule has 0 aromatic heterocycles. The number of hydrogen-bond acceptors (Lipinski definition) is 4. The van der Waals surface area contributed by atoms with Gasteiger partial charge in [0, 0.05) is 40.5 Å². The van der Waals surface area contributed by atoms with E-state index in [1.54, 1.807) is 19.1 Å². The monoisotopic (exact) mass is 266 g/mol. The largest absolute Gasteiger partial charge is 0.383 e. The first-order chi connectivity index (χ1) is 7.66. The van der Waals surface area contributed by atoms with Crippen molar-refractivity contribution in [2.24, 2.45) is 11.1 Å². The highest BCUT2D eigenvalue weighted by Crippen LogP contribution is 2.31. The minimum absolute atomic E-state index is 0. The zero-order valence-electron chi connectivity index (χ0n) is 10.6. The van der Waals surface area contributed by atoms with Crippen LogP contribution < -0.4 is 5.73 Å². The molecule has 0 unspecified atom stereocenters. The van der Waals surface area contributed by atoms with Crippen molar-refractivity contribution in [2.45, 2.75) is 12.8 Å². The van der Waals surface area contributed by atoms with E-state index in [1.807, 2.05) is 0 Å². The lowest BCUT2D eigenvalue weighted by Gasteiger charge is -2.37. The summed E-state index contributed by atoms with van der Waals surface area (Å²) >= 11 is 0. The Morgan fingerprint density at radius 1 is 1.47 bits per heavy atom. The summed E-state index contributed by atoms with van der Waals surface area (Å²) in [5.41, 5.74) is 5.36. The standard InChI is InChI=1S/C11H22N2O3.ClH/c1-13(5-8-15-2)10(14)11(9-12)3-6-16-7-4-11;/h3-9,12H2,1-2H3;1H. The average Bonchev–Trinajstić information content (AvgIpc) is 2.35. The molecule has 0 radical (unpaired) electrons. The van der Waals surface area contributed by atoms with Gasteiger partial charge in [-0.1, -0.05) is 0 Å². The SMILES string of the molecule is COCCN(C)C(=O)C1(CN)CCOCC1.Cl. The molecule has 1 heterocycles. The summed E-state index contributed by atoms with van der Waals surface area (Å²) < 4.78 is 10.3. The van der Waals surface area contributed by atoms with E-state index >= 15 is 0 Å². The van der Waals surface area contributed by atoms with Gasteiger partial charge in [0.15, 0.2) is 0 Å². The second-order valence-corrected chi connectivity index (χ2v) is 4.32. The Hall–Kier alpha value is -0.360. The number of likely N-dealkylation sites (N-methyl/N-ethyl adjacent to an activating group) is 1. The summed E-state index contributed by atoms with van der Waals surface area (Å²) in [5, 5.41) is 0. The van der Waals surface area contributed by atoms with E-state index in [0.29, 0.717) is 32.9 Å². The van der Waals surface area contributed by atoms with Gasteiger partial charge in [0.05, 0.1) is 12.0 Å². The number of carbonyl (C=O) groups is 1. The Morgan fingerprint density at radius 2 is 2.06 bits per heavy atom. The second kappa shape index (κ2) is 7.87. The van der Waals surface area contributed by atoms with Crippen molar-refractivity contribution in [3.63, 3.8) is 0 Å². The maximum Gasteiger partial charge on any atom is 0.230 e. The van der Waals surface area contributed by atoms with Crippen LogP contribution in [0.15, 0.2) is 0 Å². The van der Waals surface area contributed by atoms with Crippen molar-refractivity contribution in [3.8, 4) is 0 Å². The predicted molar refractivity (Wildman–Crippen MR) is 68.3 cm³/mol. The van der Waals surface area contributed by atoms with Gasteiger partial charge in [0.25, 0.3) is 0 Å². The number of rotatable bonds is 5. The molecule has 1 rings (SSSR count). The molecule has 17 heavy (non-hydrogen) atoms. The third-order valence-electron chi connectivity index (χ3n) is 3.27. The topological polar surface area (TPSA) is 64.8 Å². The van der Waals surface area contributed by atoms with Crippen LogP contribution in [0.4, 0.5) is 0 Å². The first-order valence-electron chi connectivity index (χ1n) is 5.68. The molecule has 1 aliphatic heterocycles. The molecule has 2 N–H and O–H groups in total. The number of hydrogen-bond donors (Lipinski definition) is 1. The molecule has 0 saturated carbocycles. The van der Waals surface area contributed by atoms with E-state index in [0.717, 1.165) is 12.8 Å². The molecule has 102 valence electrons. The van der Waals surface area contributed by atoms with Gasteiger partial charge in [-0.15, -0.1) is 12.4 Å². The van der Waals surface area contributed by atoms with E-state index in [1.165, 1.54) is 0 Å². The molecular weight excluding hydrogens is 244 g/mol. The number of ether oxygens (including phenoxy) is 2. The van der Waals surface area contributed by atoms with Gasteiger partial charge in [-0.25, -0.2) is 0 Å². The minimum Gasteiger partial charge on any atom is -0.383 e. The fraction of sp³-hybridized carbons (Fsp3) is 0.909. The smallest absolute Gasteiger partial charge is 0.230 e. The van der Waals surface area contributed by atoms with Crippen molar-refractivity contribution in [3.05, 3.63) is 0 Å². The Bertz CT molecular complexity index is 233. The molecule has 1 amide bonds. The third-order valence-corrected chi connectivity index (χ3v) is 3.27. The van der Waals surface area contributed by atoms with Crippen LogP contribution in [0.5, 0.6) is 0 Å². The van der Waals surface area contributed by atoms with Crippen molar-refractivity contribution in [1.29, 1.82) is 0 Å². The van der Waals surface area contributed by atoms with E-state index in [4.69, 9.17) is 15.2 Å². The molecule has 1 aliphatic rings. The molecular formula is C11H23ClN2O3. The van der Waals surface area contributed by atoms with Gasteiger partial charge < -0.3 is 20.1 Å². The van der Waals surface area contributed by atoms with Crippen molar-refractivity contribution in [2.75, 3.05) is 47.1 Å². The lowest BCUT2D eigenvalue weighted by atomic mass is 9.79. The molecule has 0 spiro atoms. The molecule has 1 fully saturated rings. The summed E-state index contributed by atoms with van der Waals surface area (Å²) in [4.78, 5) is 14.0. The normalized spacial score (nSPS) is 18.3. The lowest BCUT2D eigenvalue weighted by Crippen LogP contribution is -2.50. The number of halogens is 1. The second-order valence-electron chi connectivity index (χ2n) is 4.32. The number of nitrogens with two attached hydrogens (primary N) is 1. The molecule has 0 atom stereocenters. The summed E-state index contributed by atoms with van der Waals surface area (Å²) in [6.45, 7) is 2.81. The summed E-state index contributed by atoms with van der Waals surface area (Å²) in [5.74, 6) is 0.121. The minimum atomic E-state index is -0.416. The maximum absolute atomic E-state index is 12.3. The highest BCUT2D eigenvalue weighted by Gasteiger charge is 2.40. The first-order valence-corrected chi connectivity index (χ1v) is 5.68. The average molecular weight is 267 g/mol. The van der Waals surface area contributed by atoms with Crippen molar-refractivity contribution in [1.82, 2.24) is 4.90 Å². The van der Waals surface area contributed by atoms with Gasteiger partial charge in [-0.05, 0) is 12.8 Å². The Kier molecular flexibility index (Phi) is 7.70. The van der Waals surface area contributed by atoms with Gasteiger partial charge in [-0.2, -0.15) is 0 Å². The van der Waals surface area contributed by atoms with Crippen LogP contribution in [0.25, 0.3) is 0 Å². The predicted octanol–water partition coefficient (Wildman–Crippen LogP) is 0.269. The highest BCUT2D eigenvalue weighted by molar-refractivity contribution is 5.85. The van der Waals surface area contributed by atoms with Crippen LogP contribution in [0.2, 0.25) is 0 Å². The molecule has 0 aromatic carbocycles. The van der Waals surface area contributed by atoms with Gasteiger partial charge >= 0.3 is 0 Å². The lowest BCUT2D eigenvalue weighted by molar-refractivity contribution is -0.146. The number of carbonyl (C=O) groups excluding carboxylic acids is 1. The van der Waals surface area contributed by atoms with Crippen LogP contribution in [0.3, 0.4) is 0 Å². The number of amides is 1. The number of nitrogens with zero attached hydrogens (tertiary/aromatic N) is 1. The molecule has 1 saturated heterocycles. The van der Waals surface area contributed by atoms with Gasteiger partial charge in [-0.3, -0.25) is 4.79 Å². The molecule has 6 heteroatoms. The van der Waals surface area contributed by atoms with E-state index in [-0.39, 0.29) is 18.3 Å². The molecule has 0 bridgehead atoms. The fourth-order valence-corrected chi connectivity index (χ4v) is 2.00. The maximum atomic E-state index is 12.3. The summed E-state index contributed by atoms with van der Waals surface area (Å²) in [7, 11) is 3.43. The zero-order valence-corrected chi connectivity index (χ0v) is 11.4. The summed E-state index contributed by atoms with van der Waals surface area (Å²) in [6, 6.07) is 0. The number of methoxy groups -OCH3 is 1. The van der Waals surface area contributed by atoms with Crippen LogP contribution in [-0.2, 0) is 14.3 Å². The van der Waals surface area contributed by atoms with Crippen LogP contribution in [0.1, 0.15) is 12.8 Å². The third kappa shape index (κ3) is 4.10. The van der Waals surface area contributed by atoms with Gasteiger partial charge in [0.1, 0.15) is 0 Å². The van der Waals surface area contributed by atoms with E-state index < -0.39 is 5.41 Å². The molecule has 0 aliphatic carbocycles. The van der Waals surface area contributed by atoms with Crippen molar-refractivity contribution >= 4 is 18.3 Å². The Morgan fingerprint density at radius 3 is 2.53 bits per heavy atom. The van der Waals surface area contributed by atoms with Gasteiger partial charge in [0.2, 0.25) is 5.91 Å². The quantitative estimate of drug-likeness (QED) is 0.776. The van der Waals surface area contributed by atoms with Crippen LogP contribution >= 0.6 is 12.4 Å². The zero-order chi connectivity index (χ0) is 12.0.